The summed E-state index contributed by atoms with van der Waals surface area (Å²) in [5.74, 6) is 0.310. The third-order valence-corrected chi connectivity index (χ3v) is 9.45. The van der Waals surface area contributed by atoms with Crippen LogP contribution in [0.5, 0.6) is 0 Å². The standard InChI is InChI=1S/C27H38N4O5S2/c1-16(2)35-26(32)29-19-8-6-18(7-9-19)25-28-15-23(37-25)22-13-12-21(30-27(33)36-17(3)4)14-24(22)38(5,34)31-20-10-11-20/h12-20H,6-11H2,1-5H3,(H,29,32)(H,30,33). The fraction of sp³-hybridized carbons (Fsp3) is 0.593. The van der Waals surface area contributed by atoms with Crippen LogP contribution < -0.4 is 10.6 Å². The Morgan fingerprint density at radius 1 is 1.03 bits per heavy atom. The molecule has 1 aromatic heterocycles. The Balaban J connectivity index is 1.52. The van der Waals surface area contributed by atoms with Crippen LogP contribution >= 0.6 is 11.3 Å². The molecular weight excluding hydrogens is 524 g/mol. The Bertz CT molecular complexity index is 1270. The Kier molecular flexibility index (Phi) is 8.97. The highest BCUT2D eigenvalue weighted by Crippen LogP contribution is 2.40. The SMILES string of the molecule is CC(C)OC(=O)Nc1ccc(-c2cnc(C3CCC(NC(=O)OC(C)C)CC3)s2)c(S(C)(=O)=NC2CC2)c1. The van der Waals surface area contributed by atoms with Gasteiger partial charge in [-0.25, -0.2) is 23.1 Å². The number of hydrogen-bond donors (Lipinski definition) is 2. The first-order valence-electron chi connectivity index (χ1n) is 13.3. The van der Waals surface area contributed by atoms with Crippen LogP contribution in [0.1, 0.15) is 77.1 Å². The molecule has 2 aromatic rings. The van der Waals surface area contributed by atoms with Gasteiger partial charge in [0.2, 0.25) is 0 Å². The summed E-state index contributed by atoms with van der Waals surface area (Å²) in [6.07, 6.45) is 7.71. The minimum absolute atomic E-state index is 0.111. The molecule has 11 heteroatoms. The van der Waals surface area contributed by atoms with Crippen molar-refractivity contribution in [1.82, 2.24) is 10.3 Å². The van der Waals surface area contributed by atoms with Crippen molar-refractivity contribution in [2.45, 2.75) is 101 Å². The lowest BCUT2D eigenvalue weighted by atomic mass is 9.86. The predicted molar refractivity (Wildman–Crippen MR) is 150 cm³/mol. The van der Waals surface area contributed by atoms with Gasteiger partial charge in [0.05, 0.1) is 42.8 Å². The summed E-state index contributed by atoms with van der Waals surface area (Å²) in [6, 6.07) is 5.66. The molecule has 2 saturated carbocycles. The zero-order valence-electron chi connectivity index (χ0n) is 22.7. The van der Waals surface area contributed by atoms with E-state index in [0.717, 1.165) is 54.0 Å². The predicted octanol–water partition coefficient (Wildman–Crippen LogP) is 6.55. The first-order valence-corrected chi connectivity index (χ1v) is 16.0. The summed E-state index contributed by atoms with van der Waals surface area (Å²) in [7, 11) is -2.69. The van der Waals surface area contributed by atoms with Crippen LogP contribution in [0.25, 0.3) is 10.4 Å². The smallest absolute Gasteiger partial charge is 0.411 e. The molecule has 1 aromatic carbocycles. The Labute approximate surface area is 229 Å². The maximum atomic E-state index is 13.8. The van der Waals surface area contributed by atoms with E-state index in [1.165, 1.54) is 0 Å². The van der Waals surface area contributed by atoms with E-state index in [2.05, 4.69) is 15.0 Å². The molecule has 38 heavy (non-hydrogen) atoms. The normalized spacial score (nSPS) is 21.0. The zero-order valence-corrected chi connectivity index (χ0v) is 24.3. The number of amides is 2. The number of aromatic nitrogens is 1. The maximum absolute atomic E-state index is 13.8. The average Bonchev–Trinajstić information content (AvgIpc) is 3.49. The van der Waals surface area contributed by atoms with Gasteiger partial charge in [-0.15, -0.1) is 11.3 Å². The Morgan fingerprint density at radius 3 is 2.32 bits per heavy atom. The number of alkyl carbamates (subject to hydrolysis) is 1. The number of anilines is 1. The number of benzene rings is 1. The number of thiazole rings is 1. The molecule has 2 N–H and O–H groups in total. The highest BCUT2D eigenvalue weighted by Gasteiger charge is 2.28. The van der Waals surface area contributed by atoms with Crippen molar-refractivity contribution in [3.63, 3.8) is 0 Å². The van der Waals surface area contributed by atoms with Gasteiger partial charge >= 0.3 is 12.2 Å². The zero-order chi connectivity index (χ0) is 27.4. The minimum atomic E-state index is -2.69. The fourth-order valence-electron chi connectivity index (χ4n) is 4.50. The van der Waals surface area contributed by atoms with Crippen molar-refractivity contribution in [2.24, 2.45) is 4.36 Å². The highest BCUT2D eigenvalue weighted by molar-refractivity contribution is 7.93. The Morgan fingerprint density at radius 2 is 1.68 bits per heavy atom. The van der Waals surface area contributed by atoms with Gasteiger partial charge in [-0.1, -0.05) is 6.07 Å². The summed E-state index contributed by atoms with van der Waals surface area (Å²) in [5.41, 5.74) is 1.33. The lowest BCUT2D eigenvalue weighted by Crippen LogP contribution is -2.38. The monoisotopic (exact) mass is 562 g/mol. The van der Waals surface area contributed by atoms with Crippen molar-refractivity contribution >= 4 is 38.9 Å². The lowest BCUT2D eigenvalue weighted by molar-refractivity contribution is 0.109. The number of nitrogens with zero attached hydrogens (tertiary/aromatic N) is 2. The third-order valence-electron chi connectivity index (χ3n) is 6.41. The van der Waals surface area contributed by atoms with Gasteiger partial charge in [0.1, 0.15) is 0 Å². The molecule has 1 heterocycles. The second-order valence-corrected chi connectivity index (χ2v) is 14.0. The molecule has 0 bridgehead atoms. The topological polar surface area (TPSA) is 119 Å². The molecule has 2 aliphatic carbocycles. The first-order chi connectivity index (χ1) is 18.0. The summed E-state index contributed by atoms with van der Waals surface area (Å²) >= 11 is 1.61. The first kappa shape index (κ1) is 28.4. The van der Waals surface area contributed by atoms with Gasteiger partial charge in [0, 0.05) is 35.7 Å². The third kappa shape index (κ3) is 7.69. The van der Waals surface area contributed by atoms with Crippen LogP contribution in [0, 0.1) is 0 Å². The van der Waals surface area contributed by atoms with Crippen LogP contribution in [-0.4, -0.2) is 51.9 Å². The van der Waals surface area contributed by atoms with Crippen LogP contribution in [0.2, 0.25) is 0 Å². The van der Waals surface area contributed by atoms with E-state index in [-0.39, 0.29) is 30.4 Å². The van der Waals surface area contributed by atoms with Gasteiger partial charge in [0.15, 0.2) is 0 Å². The van der Waals surface area contributed by atoms with Gasteiger partial charge < -0.3 is 14.8 Å². The number of carbonyl (C=O) groups is 2. The van der Waals surface area contributed by atoms with E-state index in [4.69, 9.17) is 14.5 Å². The van der Waals surface area contributed by atoms with Crippen LogP contribution in [0.4, 0.5) is 15.3 Å². The Hall–Kier alpha value is -2.66. The second kappa shape index (κ2) is 12.0. The van der Waals surface area contributed by atoms with Gasteiger partial charge in [-0.2, -0.15) is 0 Å². The molecule has 1 atom stereocenters. The van der Waals surface area contributed by atoms with Gasteiger partial charge in [-0.05, 0) is 78.4 Å². The molecule has 1 unspecified atom stereocenters. The van der Waals surface area contributed by atoms with E-state index >= 15 is 0 Å². The molecule has 4 rings (SSSR count). The summed E-state index contributed by atoms with van der Waals surface area (Å²) < 4.78 is 28.8. The molecule has 0 radical (unpaired) electrons. The van der Waals surface area contributed by atoms with E-state index in [0.29, 0.717) is 16.5 Å². The van der Waals surface area contributed by atoms with Crippen LogP contribution in [0.3, 0.4) is 0 Å². The van der Waals surface area contributed by atoms with Crippen molar-refractivity contribution in [2.75, 3.05) is 11.6 Å². The fourth-order valence-corrected chi connectivity index (χ4v) is 7.52. The average molecular weight is 563 g/mol. The minimum Gasteiger partial charge on any atom is -0.447 e. The molecule has 2 aliphatic rings. The molecule has 208 valence electrons. The summed E-state index contributed by atoms with van der Waals surface area (Å²) in [5, 5.41) is 6.75. The molecule has 0 aliphatic heterocycles. The van der Waals surface area contributed by atoms with E-state index in [9.17, 15) is 13.8 Å². The molecule has 0 spiro atoms. The molecule has 0 saturated heterocycles. The van der Waals surface area contributed by atoms with Gasteiger partial charge in [0.25, 0.3) is 0 Å². The number of rotatable bonds is 8. The van der Waals surface area contributed by atoms with Crippen molar-refractivity contribution in [3.8, 4) is 10.4 Å². The quantitative estimate of drug-likeness (QED) is 0.377. The molecular formula is C27H38N4O5S2. The van der Waals surface area contributed by atoms with Crippen LogP contribution in [0.15, 0.2) is 33.7 Å². The van der Waals surface area contributed by atoms with Gasteiger partial charge in [-0.3, -0.25) is 5.32 Å². The highest BCUT2D eigenvalue weighted by atomic mass is 32.2. The number of carbonyl (C=O) groups excluding carboxylic acids is 2. The lowest BCUT2D eigenvalue weighted by Gasteiger charge is -2.28. The number of nitrogens with one attached hydrogen (secondary N) is 2. The van der Waals surface area contributed by atoms with Crippen LogP contribution in [-0.2, 0) is 19.2 Å². The molecule has 9 nitrogen and oxygen atoms in total. The second-order valence-electron chi connectivity index (χ2n) is 10.6. The summed E-state index contributed by atoms with van der Waals surface area (Å²) in [6.45, 7) is 7.24. The van der Waals surface area contributed by atoms with Crippen molar-refractivity contribution in [3.05, 3.63) is 29.4 Å². The van der Waals surface area contributed by atoms with E-state index in [1.54, 1.807) is 43.6 Å². The van der Waals surface area contributed by atoms with Crippen molar-refractivity contribution < 1.29 is 23.3 Å². The maximum Gasteiger partial charge on any atom is 0.411 e. The summed E-state index contributed by atoms with van der Waals surface area (Å²) in [4.78, 5) is 30.4. The van der Waals surface area contributed by atoms with E-state index in [1.807, 2.05) is 26.1 Å². The molecule has 2 amide bonds. The largest absolute Gasteiger partial charge is 0.447 e. The van der Waals surface area contributed by atoms with Crippen molar-refractivity contribution in [1.29, 1.82) is 0 Å². The van der Waals surface area contributed by atoms with E-state index < -0.39 is 15.8 Å². The number of ether oxygens (including phenoxy) is 2. The number of hydrogen-bond acceptors (Lipinski definition) is 8. The molecule has 2 fully saturated rings.